The number of thiazole rings is 1. The predicted octanol–water partition coefficient (Wildman–Crippen LogP) is 3.36. The molecule has 0 bridgehead atoms. The van der Waals surface area contributed by atoms with E-state index in [1.54, 1.807) is 12.1 Å². The molecule has 0 aliphatic rings. The number of carbonyl (C=O) groups is 2. The second-order valence-electron chi connectivity index (χ2n) is 6.07. The zero-order valence-electron chi connectivity index (χ0n) is 15.7. The van der Waals surface area contributed by atoms with Crippen molar-refractivity contribution >= 4 is 44.2 Å². The van der Waals surface area contributed by atoms with Crippen molar-refractivity contribution in [2.75, 3.05) is 11.9 Å². The standard InChI is InChI=1S/C19H18N4O5S/c1-3-28-14-7-8-15-16(10-14)29-19(21-15)22-17(24)11(2)20-18(25)12-5-4-6-13(9-12)23(26)27/h4-11H,3H2,1-2H3,(H,20,25)(H,21,22,24)/t11-/m0/s1. The van der Waals surface area contributed by atoms with Crippen molar-refractivity contribution in [2.45, 2.75) is 19.9 Å². The number of nitro benzene ring substituents is 1. The van der Waals surface area contributed by atoms with Crippen molar-refractivity contribution < 1.29 is 19.2 Å². The van der Waals surface area contributed by atoms with Crippen molar-refractivity contribution in [1.29, 1.82) is 0 Å². The van der Waals surface area contributed by atoms with Crippen LogP contribution in [0.25, 0.3) is 10.2 Å². The van der Waals surface area contributed by atoms with Gasteiger partial charge in [-0.25, -0.2) is 4.98 Å². The first kappa shape index (κ1) is 20.2. The highest BCUT2D eigenvalue weighted by molar-refractivity contribution is 7.22. The molecule has 0 saturated heterocycles. The second-order valence-corrected chi connectivity index (χ2v) is 7.10. The van der Waals surface area contributed by atoms with Crippen LogP contribution in [0, 0.1) is 10.1 Å². The number of hydrogen-bond donors (Lipinski definition) is 2. The van der Waals surface area contributed by atoms with E-state index in [2.05, 4.69) is 15.6 Å². The van der Waals surface area contributed by atoms with Crippen molar-refractivity contribution in [3.63, 3.8) is 0 Å². The van der Waals surface area contributed by atoms with Crippen molar-refractivity contribution in [3.8, 4) is 5.75 Å². The number of ether oxygens (including phenoxy) is 1. The molecule has 2 N–H and O–H groups in total. The number of fused-ring (bicyclic) bond motifs is 1. The lowest BCUT2D eigenvalue weighted by Crippen LogP contribution is -2.41. The first-order chi connectivity index (χ1) is 13.9. The van der Waals surface area contributed by atoms with Crippen LogP contribution in [0.4, 0.5) is 10.8 Å². The minimum Gasteiger partial charge on any atom is -0.494 e. The van der Waals surface area contributed by atoms with Gasteiger partial charge < -0.3 is 15.4 Å². The van der Waals surface area contributed by atoms with Gasteiger partial charge in [0.1, 0.15) is 11.8 Å². The van der Waals surface area contributed by atoms with E-state index in [4.69, 9.17) is 4.74 Å². The van der Waals surface area contributed by atoms with E-state index in [0.29, 0.717) is 11.7 Å². The molecule has 1 atom stereocenters. The van der Waals surface area contributed by atoms with E-state index in [0.717, 1.165) is 22.0 Å². The Morgan fingerprint density at radius 2 is 2.07 bits per heavy atom. The SMILES string of the molecule is CCOc1ccc2nc(NC(=O)[C@H](C)NC(=O)c3cccc([N+](=O)[O-])c3)sc2c1. The number of rotatable bonds is 7. The maximum atomic E-state index is 12.4. The Labute approximate surface area is 169 Å². The lowest BCUT2D eigenvalue weighted by molar-refractivity contribution is -0.384. The number of amides is 2. The Bertz CT molecular complexity index is 1080. The van der Waals surface area contributed by atoms with Crippen LogP contribution < -0.4 is 15.4 Å². The summed E-state index contributed by atoms with van der Waals surface area (Å²) in [7, 11) is 0. The average molecular weight is 414 g/mol. The highest BCUT2D eigenvalue weighted by Crippen LogP contribution is 2.29. The van der Waals surface area contributed by atoms with Crippen LogP contribution in [0.2, 0.25) is 0 Å². The third-order valence-corrected chi connectivity index (χ3v) is 4.89. The number of hydrogen-bond acceptors (Lipinski definition) is 7. The van der Waals surface area contributed by atoms with E-state index >= 15 is 0 Å². The van der Waals surface area contributed by atoms with Crippen molar-refractivity contribution in [1.82, 2.24) is 10.3 Å². The van der Waals surface area contributed by atoms with Gasteiger partial charge in [-0.1, -0.05) is 17.4 Å². The van der Waals surface area contributed by atoms with Crippen LogP contribution >= 0.6 is 11.3 Å². The molecule has 10 heteroatoms. The van der Waals surface area contributed by atoms with E-state index in [1.807, 2.05) is 13.0 Å². The molecule has 150 valence electrons. The molecule has 29 heavy (non-hydrogen) atoms. The Kier molecular flexibility index (Phi) is 6.03. The molecule has 0 radical (unpaired) electrons. The largest absolute Gasteiger partial charge is 0.494 e. The van der Waals surface area contributed by atoms with Gasteiger partial charge in [0.2, 0.25) is 5.91 Å². The molecule has 9 nitrogen and oxygen atoms in total. The lowest BCUT2D eigenvalue weighted by atomic mass is 10.1. The number of anilines is 1. The van der Waals surface area contributed by atoms with Crippen LogP contribution in [0.1, 0.15) is 24.2 Å². The van der Waals surface area contributed by atoms with Crippen LogP contribution in [0.3, 0.4) is 0 Å². The maximum Gasteiger partial charge on any atom is 0.270 e. The van der Waals surface area contributed by atoms with Gasteiger partial charge in [-0.05, 0) is 38.1 Å². The Morgan fingerprint density at radius 3 is 2.79 bits per heavy atom. The molecule has 3 aromatic rings. The second kappa shape index (κ2) is 8.65. The Morgan fingerprint density at radius 1 is 1.28 bits per heavy atom. The molecule has 2 amide bonds. The fraction of sp³-hybridized carbons (Fsp3) is 0.211. The fourth-order valence-electron chi connectivity index (χ4n) is 2.53. The summed E-state index contributed by atoms with van der Waals surface area (Å²) in [6.45, 7) is 3.96. The number of non-ortho nitro benzene ring substituents is 1. The normalized spacial score (nSPS) is 11.7. The minimum absolute atomic E-state index is 0.0993. The van der Waals surface area contributed by atoms with E-state index < -0.39 is 22.8 Å². The van der Waals surface area contributed by atoms with Gasteiger partial charge in [0.25, 0.3) is 11.6 Å². The molecular formula is C19H18N4O5S. The smallest absolute Gasteiger partial charge is 0.270 e. The van der Waals surface area contributed by atoms with Crippen molar-refractivity contribution in [3.05, 3.63) is 58.1 Å². The van der Waals surface area contributed by atoms with Gasteiger partial charge in [-0.2, -0.15) is 0 Å². The molecule has 1 heterocycles. The summed E-state index contributed by atoms with van der Waals surface area (Å²) >= 11 is 1.29. The van der Waals surface area contributed by atoms with Gasteiger partial charge in [0.05, 0.1) is 21.7 Å². The Hall–Kier alpha value is -3.53. The molecule has 0 aliphatic heterocycles. The number of nitrogens with one attached hydrogen (secondary N) is 2. The van der Waals surface area contributed by atoms with Crippen molar-refractivity contribution in [2.24, 2.45) is 0 Å². The fourth-order valence-corrected chi connectivity index (χ4v) is 3.43. The molecule has 0 saturated carbocycles. The summed E-state index contributed by atoms with van der Waals surface area (Å²) in [4.78, 5) is 39.3. The van der Waals surface area contributed by atoms with Crippen LogP contribution in [-0.4, -0.2) is 34.4 Å². The number of nitro groups is 1. The summed E-state index contributed by atoms with van der Waals surface area (Å²) in [6, 6.07) is 9.89. The third-order valence-electron chi connectivity index (χ3n) is 3.96. The lowest BCUT2D eigenvalue weighted by Gasteiger charge is -2.12. The molecule has 3 rings (SSSR count). The van der Waals surface area contributed by atoms with Crippen LogP contribution in [0.5, 0.6) is 5.75 Å². The summed E-state index contributed by atoms with van der Waals surface area (Å²) in [6.07, 6.45) is 0. The predicted molar refractivity (Wildman–Crippen MR) is 109 cm³/mol. The number of aromatic nitrogens is 1. The minimum atomic E-state index is -0.868. The summed E-state index contributed by atoms with van der Waals surface area (Å²) in [5.74, 6) is -0.311. The maximum absolute atomic E-state index is 12.4. The van der Waals surface area contributed by atoms with Gasteiger partial charge in [0, 0.05) is 17.7 Å². The summed E-state index contributed by atoms with van der Waals surface area (Å²) in [5, 5.41) is 16.4. The molecule has 0 unspecified atom stereocenters. The van der Waals surface area contributed by atoms with Gasteiger partial charge >= 0.3 is 0 Å². The molecule has 2 aromatic carbocycles. The monoisotopic (exact) mass is 414 g/mol. The van der Waals surface area contributed by atoms with E-state index in [-0.39, 0.29) is 11.3 Å². The third kappa shape index (κ3) is 4.85. The topological polar surface area (TPSA) is 123 Å². The van der Waals surface area contributed by atoms with Crippen LogP contribution in [-0.2, 0) is 4.79 Å². The first-order valence-electron chi connectivity index (χ1n) is 8.77. The summed E-state index contributed by atoms with van der Waals surface area (Å²) in [5.41, 5.74) is 0.625. The number of benzene rings is 2. The van der Waals surface area contributed by atoms with Crippen LogP contribution in [0.15, 0.2) is 42.5 Å². The molecule has 0 aliphatic carbocycles. The van der Waals surface area contributed by atoms with E-state index in [9.17, 15) is 19.7 Å². The zero-order chi connectivity index (χ0) is 21.0. The molecular weight excluding hydrogens is 396 g/mol. The zero-order valence-corrected chi connectivity index (χ0v) is 16.5. The Balaban J connectivity index is 1.65. The van der Waals surface area contributed by atoms with Gasteiger partial charge in [-0.15, -0.1) is 0 Å². The quantitative estimate of drug-likeness (QED) is 0.451. The van der Waals surface area contributed by atoms with Gasteiger partial charge in [-0.3, -0.25) is 19.7 Å². The molecule has 0 fully saturated rings. The highest BCUT2D eigenvalue weighted by atomic mass is 32.1. The molecule has 1 aromatic heterocycles. The summed E-state index contributed by atoms with van der Waals surface area (Å²) < 4.78 is 6.31. The highest BCUT2D eigenvalue weighted by Gasteiger charge is 2.19. The number of nitrogens with zero attached hydrogens (tertiary/aromatic N) is 2. The number of carbonyl (C=O) groups excluding carboxylic acids is 2. The average Bonchev–Trinajstić information content (AvgIpc) is 3.09. The first-order valence-corrected chi connectivity index (χ1v) is 9.58. The molecule has 0 spiro atoms. The van der Waals surface area contributed by atoms with E-state index in [1.165, 1.54) is 36.5 Å². The van der Waals surface area contributed by atoms with Gasteiger partial charge in [0.15, 0.2) is 5.13 Å².